The minimum absolute atomic E-state index is 0.0110. The van der Waals surface area contributed by atoms with E-state index in [9.17, 15) is 9.59 Å². The normalized spacial score (nSPS) is 31.2. The molecule has 4 atom stereocenters. The topological polar surface area (TPSA) is 67.7 Å². The SMILES string of the molecule is CCC(CC)N1C[C@]23C=C[C@H](O2)[C@H](C(=O)N(C)CCn2cccn2)[C@@H]3C1=O. The monoisotopic (exact) mass is 372 g/mol. The minimum Gasteiger partial charge on any atom is -0.360 e. The van der Waals surface area contributed by atoms with Gasteiger partial charge in [0.05, 0.1) is 31.0 Å². The average molecular weight is 372 g/mol. The Balaban J connectivity index is 1.51. The summed E-state index contributed by atoms with van der Waals surface area (Å²) in [5, 5.41) is 4.18. The molecule has 0 aliphatic carbocycles. The van der Waals surface area contributed by atoms with Crippen molar-refractivity contribution in [2.45, 2.75) is 51.0 Å². The molecule has 1 spiro atoms. The van der Waals surface area contributed by atoms with Gasteiger partial charge in [-0.3, -0.25) is 14.3 Å². The third-order valence-corrected chi connectivity index (χ3v) is 6.40. The van der Waals surface area contributed by atoms with Gasteiger partial charge in [-0.25, -0.2) is 0 Å². The number of likely N-dealkylation sites (tertiary alicyclic amines) is 1. The molecule has 0 saturated carbocycles. The van der Waals surface area contributed by atoms with Crippen molar-refractivity contribution in [2.75, 3.05) is 20.1 Å². The quantitative estimate of drug-likeness (QED) is 0.677. The summed E-state index contributed by atoms with van der Waals surface area (Å²) in [6, 6.07) is 2.07. The number of aromatic nitrogens is 2. The third kappa shape index (κ3) is 2.79. The minimum atomic E-state index is -0.618. The molecular formula is C20H28N4O3. The van der Waals surface area contributed by atoms with Crippen molar-refractivity contribution in [3.63, 3.8) is 0 Å². The van der Waals surface area contributed by atoms with Crippen molar-refractivity contribution in [1.82, 2.24) is 19.6 Å². The van der Waals surface area contributed by atoms with Crippen LogP contribution >= 0.6 is 0 Å². The molecule has 4 heterocycles. The molecule has 0 aromatic carbocycles. The van der Waals surface area contributed by atoms with E-state index in [0.717, 1.165) is 12.8 Å². The van der Waals surface area contributed by atoms with Crippen LogP contribution in [0.15, 0.2) is 30.6 Å². The lowest BCUT2D eigenvalue weighted by Gasteiger charge is -2.29. The van der Waals surface area contributed by atoms with Crippen LogP contribution in [0.3, 0.4) is 0 Å². The Labute approximate surface area is 159 Å². The number of hydrogen-bond acceptors (Lipinski definition) is 4. The summed E-state index contributed by atoms with van der Waals surface area (Å²) >= 11 is 0. The second-order valence-corrected chi connectivity index (χ2v) is 7.87. The highest BCUT2D eigenvalue weighted by Crippen LogP contribution is 2.52. The number of fused-ring (bicyclic) bond motifs is 1. The van der Waals surface area contributed by atoms with Crippen LogP contribution in [-0.2, 0) is 20.9 Å². The predicted molar refractivity (Wildman–Crippen MR) is 99.7 cm³/mol. The van der Waals surface area contributed by atoms with E-state index >= 15 is 0 Å². The summed E-state index contributed by atoms with van der Waals surface area (Å²) in [6.45, 7) is 5.96. The van der Waals surface area contributed by atoms with Crippen molar-refractivity contribution in [2.24, 2.45) is 11.8 Å². The van der Waals surface area contributed by atoms with E-state index in [1.807, 2.05) is 29.3 Å². The van der Waals surface area contributed by atoms with Crippen molar-refractivity contribution in [1.29, 1.82) is 0 Å². The lowest BCUT2D eigenvalue weighted by atomic mass is 9.76. The molecule has 1 aromatic rings. The van der Waals surface area contributed by atoms with Gasteiger partial charge in [-0.1, -0.05) is 26.0 Å². The molecule has 2 amide bonds. The van der Waals surface area contributed by atoms with Gasteiger partial charge in [0.2, 0.25) is 11.8 Å². The first-order valence-corrected chi connectivity index (χ1v) is 9.90. The molecule has 4 rings (SSSR count). The molecule has 2 fully saturated rings. The highest BCUT2D eigenvalue weighted by atomic mass is 16.5. The largest absolute Gasteiger partial charge is 0.360 e. The number of nitrogens with zero attached hydrogens (tertiary/aromatic N) is 4. The van der Waals surface area contributed by atoms with Gasteiger partial charge in [-0.05, 0) is 18.9 Å². The molecule has 2 bridgehead atoms. The zero-order valence-corrected chi connectivity index (χ0v) is 16.2. The molecule has 7 nitrogen and oxygen atoms in total. The summed E-state index contributed by atoms with van der Waals surface area (Å²) in [4.78, 5) is 30.1. The van der Waals surface area contributed by atoms with Crippen molar-refractivity contribution < 1.29 is 14.3 Å². The lowest BCUT2D eigenvalue weighted by Crippen LogP contribution is -2.46. The van der Waals surface area contributed by atoms with E-state index in [4.69, 9.17) is 4.74 Å². The Hall–Kier alpha value is -2.15. The van der Waals surface area contributed by atoms with E-state index in [-0.39, 0.29) is 24.0 Å². The zero-order valence-electron chi connectivity index (χ0n) is 16.2. The van der Waals surface area contributed by atoms with Crippen LogP contribution in [0.1, 0.15) is 26.7 Å². The van der Waals surface area contributed by atoms with Crippen LogP contribution in [0.25, 0.3) is 0 Å². The Morgan fingerprint density at radius 2 is 2.22 bits per heavy atom. The molecule has 2 saturated heterocycles. The Morgan fingerprint density at radius 3 is 2.89 bits per heavy atom. The molecule has 1 aromatic heterocycles. The van der Waals surface area contributed by atoms with Crippen molar-refractivity contribution >= 4 is 11.8 Å². The fourth-order valence-electron chi connectivity index (χ4n) is 4.90. The second-order valence-electron chi connectivity index (χ2n) is 7.87. The highest BCUT2D eigenvalue weighted by Gasteiger charge is 2.67. The molecule has 0 unspecified atom stereocenters. The average Bonchev–Trinajstić information content (AvgIpc) is 3.43. The number of hydrogen-bond donors (Lipinski definition) is 0. The molecule has 3 aliphatic heterocycles. The first kappa shape index (κ1) is 18.2. The molecule has 0 radical (unpaired) electrons. The van der Waals surface area contributed by atoms with Crippen molar-refractivity contribution in [3.05, 3.63) is 30.6 Å². The standard InChI is InChI=1S/C20H28N4O3/c1-4-14(5-2)24-13-20-8-7-15(27-20)16(17(20)19(24)26)18(25)22(3)11-12-23-10-6-9-21-23/h6-10,14-17H,4-5,11-13H2,1-3H3/t15-,16-,17+,20-/m0/s1. The summed E-state index contributed by atoms with van der Waals surface area (Å²) in [5.41, 5.74) is -0.618. The predicted octanol–water partition coefficient (Wildman–Crippen LogP) is 1.31. The van der Waals surface area contributed by atoms with Gasteiger partial charge in [0.1, 0.15) is 5.60 Å². The zero-order chi connectivity index (χ0) is 19.2. The first-order valence-electron chi connectivity index (χ1n) is 9.90. The fraction of sp³-hybridized carbons (Fsp3) is 0.650. The lowest BCUT2D eigenvalue weighted by molar-refractivity contribution is -0.143. The fourth-order valence-corrected chi connectivity index (χ4v) is 4.90. The van der Waals surface area contributed by atoms with Crippen LogP contribution in [0.5, 0.6) is 0 Å². The molecule has 146 valence electrons. The van der Waals surface area contributed by atoms with Gasteiger partial charge in [0.15, 0.2) is 0 Å². The first-order chi connectivity index (χ1) is 13.0. The van der Waals surface area contributed by atoms with Gasteiger partial charge in [0.25, 0.3) is 0 Å². The smallest absolute Gasteiger partial charge is 0.230 e. The van der Waals surface area contributed by atoms with E-state index in [1.165, 1.54) is 0 Å². The molecule has 27 heavy (non-hydrogen) atoms. The van der Waals surface area contributed by atoms with Gasteiger partial charge < -0.3 is 14.5 Å². The molecule has 7 heteroatoms. The summed E-state index contributed by atoms with van der Waals surface area (Å²) in [7, 11) is 1.80. The number of ether oxygens (including phenoxy) is 1. The third-order valence-electron chi connectivity index (χ3n) is 6.40. The van der Waals surface area contributed by atoms with Gasteiger partial charge in [0, 0.05) is 32.0 Å². The van der Waals surface area contributed by atoms with Crippen LogP contribution in [0.2, 0.25) is 0 Å². The maximum absolute atomic E-state index is 13.2. The number of carbonyl (C=O) groups excluding carboxylic acids is 2. The summed E-state index contributed by atoms with van der Waals surface area (Å²) in [6.07, 6.45) is 9.15. The number of carbonyl (C=O) groups is 2. The number of amides is 2. The number of rotatable bonds is 7. The Kier molecular flexibility index (Phi) is 4.58. The summed E-state index contributed by atoms with van der Waals surface area (Å²) in [5.74, 6) is -0.755. The number of likely N-dealkylation sites (N-methyl/N-ethyl adjacent to an activating group) is 1. The van der Waals surface area contributed by atoms with E-state index in [0.29, 0.717) is 19.6 Å². The van der Waals surface area contributed by atoms with E-state index < -0.39 is 17.4 Å². The van der Waals surface area contributed by atoms with Crippen LogP contribution in [0.4, 0.5) is 0 Å². The van der Waals surface area contributed by atoms with Crippen LogP contribution < -0.4 is 0 Å². The molecular weight excluding hydrogens is 344 g/mol. The van der Waals surface area contributed by atoms with Crippen LogP contribution in [0, 0.1) is 11.8 Å². The molecule has 0 N–H and O–H groups in total. The van der Waals surface area contributed by atoms with Gasteiger partial charge >= 0.3 is 0 Å². The van der Waals surface area contributed by atoms with Gasteiger partial charge in [-0.2, -0.15) is 5.10 Å². The van der Waals surface area contributed by atoms with Crippen molar-refractivity contribution in [3.8, 4) is 0 Å². The maximum atomic E-state index is 13.2. The molecule has 3 aliphatic rings. The Bertz CT molecular complexity index is 742. The van der Waals surface area contributed by atoms with E-state index in [1.54, 1.807) is 22.8 Å². The maximum Gasteiger partial charge on any atom is 0.230 e. The van der Waals surface area contributed by atoms with E-state index in [2.05, 4.69) is 18.9 Å². The highest BCUT2D eigenvalue weighted by molar-refractivity contribution is 5.93. The van der Waals surface area contributed by atoms with Gasteiger partial charge in [-0.15, -0.1) is 0 Å². The Morgan fingerprint density at radius 1 is 1.44 bits per heavy atom. The van der Waals surface area contributed by atoms with Crippen LogP contribution in [-0.4, -0.2) is 69.3 Å². The second kappa shape index (κ2) is 6.78. The summed E-state index contributed by atoms with van der Waals surface area (Å²) < 4.78 is 8.02.